The van der Waals surface area contributed by atoms with Crippen molar-refractivity contribution in [1.29, 1.82) is 0 Å². The van der Waals surface area contributed by atoms with Gasteiger partial charge in [-0.3, -0.25) is 0 Å². The number of benzene rings is 2. The van der Waals surface area contributed by atoms with E-state index in [9.17, 15) is 0 Å². The molecule has 0 unspecified atom stereocenters. The molecule has 0 saturated carbocycles. The zero-order valence-corrected chi connectivity index (χ0v) is 11.3. The van der Waals surface area contributed by atoms with E-state index < -0.39 is 0 Å². The number of nitrogens with one attached hydrogen (secondary N) is 1. The van der Waals surface area contributed by atoms with Crippen molar-refractivity contribution in [3.05, 3.63) is 65.4 Å². The van der Waals surface area contributed by atoms with Crippen LogP contribution in [0.3, 0.4) is 0 Å². The molecule has 3 rings (SSSR count). The normalized spacial score (nSPS) is 10.6. The molecule has 3 heteroatoms. The maximum atomic E-state index is 5.94. The molecule has 0 saturated heterocycles. The lowest BCUT2D eigenvalue weighted by Crippen LogP contribution is -1.83. The zero-order chi connectivity index (χ0) is 13.2. The Bertz CT molecular complexity index is 685. The highest BCUT2D eigenvalue weighted by atomic mass is 35.5. The number of aromatic amines is 1. The third-order valence-electron chi connectivity index (χ3n) is 3.00. The van der Waals surface area contributed by atoms with Gasteiger partial charge in [-0.1, -0.05) is 54.1 Å². The molecular weight excluding hydrogens is 256 g/mol. The van der Waals surface area contributed by atoms with Crippen LogP contribution >= 0.6 is 11.6 Å². The Morgan fingerprint density at radius 3 is 2.26 bits per heavy atom. The second-order valence-corrected chi connectivity index (χ2v) is 4.86. The van der Waals surface area contributed by atoms with Gasteiger partial charge in [0.05, 0.1) is 11.4 Å². The minimum atomic E-state index is 0.737. The van der Waals surface area contributed by atoms with Gasteiger partial charge in [0.1, 0.15) is 5.82 Å². The highest BCUT2D eigenvalue weighted by Crippen LogP contribution is 2.30. The summed E-state index contributed by atoms with van der Waals surface area (Å²) in [5.74, 6) is 0.906. The van der Waals surface area contributed by atoms with Crippen molar-refractivity contribution in [3.63, 3.8) is 0 Å². The van der Waals surface area contributed by atoms with Gasteiger partial charge in [0.15, 0.2) is 0 Å². The molecule has 0 fully saturated rings. The first kappa shape index (κ1) is 12.0. The minimum absolute atomic E-state index is 0.737. The summed E-state index contributed by atoms with van der Waals surface area (Å²) in [4.78, 5) is 7.92. The number of H-pyrrole nitrogens is 1. The summed E-state index contributed by atoms with van der Waals surface area (Å²) in [6, 6.07) is 18.0. The van der Waals surface area contributed by atoms with Gasteiger partial charge in [-0.05, 0) is 19.1 Å². The molecule has 0 aliphatic carbocycles. The van der Waals surface area contributed by atoms with Crippen LogP contribution in [0, 0.1) is 6.92 Å². The zero-order valence-electron chi connectivity index (χ0n) is 10.5. The van der Waals surface area contributed by atoms with Gasteiger partial charge in [-0.25, -0.2) is 4.98 Å². The Morgan fingerprint density at radius 2 is 1.58 bits per heavy atom. The number of hydrogen-bond acceptors (Lipinski definition) is 1. The van der Waals surface area contributed by atoms with E-state index in [-0.39, 0.29) is 0 Å². The van der Waals surface area contributed by atoms with E-state index in [1.54, 1.807) is 0 Å². The number of aryl methyl sites for hydroxylation is 1. The lowest BCUT2D eigenvalue weighted by Gasteiger charge is -2.03. The van der Waals surface area contributed by atoms with E-state index >= 15 is 0 Å². The molecule has 0 aliphatic heterocycles. The standard InChI is InChI=1S/C16H13ClN2/c1-11-18-15(12-5-3-2-4-6-12)16(19-11)13-7-9-14(17)10-8-13/h2-10H,1H3,(H,18,19). The summed E-state index contributed by atoms with van der Waals surface area (Å²) in [6.07, 6.45) is 0. The fraction of sp³-hybridized carbons (Fsp3) is 0.0625. The number of nitrogens with zero attached hydrogens (tertiary/aromatic N) is 1. The third-order valence-corrected chi connectivity index (χ3v) is 3.25. The Morgan fingerprint density at radius 1 is 0.895 bits per heavy atom. The van der Waals surface area contributed by atoms with Crippen molar-refractivity contribution >= 4 is 11.6 Å². The number of aromatic nitrogens is 2. The van der Waals surface area contributed by atoms with E-state index in [1.807, 2.05) is 49.4 Å². The molecule has 19 heavy (non-hydrogen) atoms. The number of halogens is 1. The molecule has 94 valence electrons. The largest absolute Gasteiger partial charge is 0.342 e. The van der Waals surface area contributed by atoms with E-state index in [0.717, 1.165) is 33.4 Å². The lowest BCUT2D eigenvalue weighted by atomic mass is 10.1. The van der Waals surface area contributed by atoms with Crippen LogP contribution in [0.15, 0.2) is 54.6 Å². The molecule has 0 spiro atoms. The molecule has 1 N–H and O–H groups in total. The highest BCUT2D eigenvalue weighted by Gasteiger charge is 2.11. The maximum absolute atomic E-state index is 5.94. The van der Waals surface area contributed by atoms with Gasteiger partial charge in [0, 0.05) is 16.1 Å². The Hall–Kier alpha value is -2.06. The second-order valence-electron chi connectivity index (χ2n) is 4.42. The molecule has 1 heterocycles. The van der Waals surface area contributed by atoms with Crippen molar-refractivity contribution in [3.8, 4) is 22.5 Å². The quantitative estimate of drug-likeness (QED) is 0.717. The highest BCUT2D eigenvalue weighted by molar-refractivity contribution is 6.30. The van der Waals surface area contributed by atoms with Crippen LogP contribution in [0.25, 0.3) is 22.5 Å². The monoisotopic (exact) mass is 268 g/mol. The summed E-state index contributed by atoms with van der Waals surface area (Å²) in [7, 11) is 0. The lowest BCUT2D eigenvalue weighted by molar-refractivity contribution is 1.15. The van der Waals surface area contributed by atoms with Gasteiger partial charge >= 0.3 is 0 Å². The van der Waals surface area contributed by atoms with Gasteiger partial charge in [-0.15, -0.1) is 0 Å². The van der Waals surface area contributed by atoms with Crippen LogP contribution in [-0.2, 0) is 0 Å². The molecule has 0 amide bonds. The number of rotatable bonds is 2. The van der Waals surface area contributed by atoms with Crippen LogP contribution in [-0.4, -0.2) is 9.97 Å². The first-order chi connectivity index (χ1) is 9.24. The van der Waals surface area contributed by atoms with E-state index in [4.69, 9.17) is 11.6 Å². The van der Waals surface area contributed by atoms with Crippen molar-refractivity contribution < 1.29 is 0 Å². The summed E-state index contributed by atoms with van der Waals surface area (Å²) < 4.78 is 0. The molecule has 2 nitrogen and oxygen atoms in total. The van der Waals surface area contributed by atoms with Crippen molar-refractivity contribution in [1.82, 2.24) is 9.97 Å². The third kappa shape index (κ3) is 2.40. The molecule has 0 aliphatic rings. The molecular formula is C16H13ClN2. The van der Waals surface area contributed by atoms with E-state index in [1.165, 1.54) is 0 Å². The summed E-state index contributed by atoms with van der Waals surface area (Å²) >= 11 is 5.94. The van der Waals surface area contributed by atoms with E-state index in [2.05, 4.69) is 22.1 Å². The first-order valence-corrected chi connectivity index (χ1v) is 6.50. The second kappa shape index (κ2) is 4.90. The molecule has 3 aromatic rings. The number of imidazole rings is 1. The average molecular weight is 269 g/mol. The van der Waals surface area contributed by atoms with Gasteiger partial charge in [0.25, 0.3) is 0 Å². The van der Waals surface area contributed by atoms with Gasteiger partial charge < -0.3 is 4.98 Å². The Labute approximate surface area is 117 Å². The van der Waals surface area contributed by atoms with Crippen LogP contribution in [0.5, 0.6) is 0 Å². The van der Waals surface area contributed by atoms with Crippen LogP contribution in [0.4, 0.5) is 0 Å². The smallest absolute Gasteiger partial charge is 0.104 e. The summed E-state index contributed by atoms with van der Waals surface area (Å²) in [6.45, 7) is 1.96. The SMILES string of the molecule is Cc1nc(-c2ccccc2)c(-c2ccc(Cl)cc2)[nH]1. The fourth-order valence-electron chi connectivity index (χ4n) is 2.12. The van der Waals surface area contributed by atoms with Gasteiger partial charge in [0.2, 0.25) is 0 Å². The van der Waals surface area contributed by atoms with Crippen molar-refractivity contribution in [2.45, 2.75) is 6.92 Å². The van der Waals surface area contributed by atoms with Crippen LogP contribution < -0.4 is 0 Å². The topological polar surface area (TPSA) is 28.7 Å². The molecule has 1 aromatic heterocycles. The Kier molecular flexibility index (Phi) is 3.10. The molecule has 2 aromatic carbocycles. The first-order valence-electron chi connectivity index (χ1n) is 6.12. The predicted molar refractivity (Wildman–Crippen MR) is 79.2 cm³/mol. The van der Waals surface area contributed by atoms with Crippen molar-refractivity contribution in [2.24, 2.45) is 0 Å². The molecule has 0 bridgehead atoms. The maximum Gasteiger partial charge on any atom is 0.104 e. The summed E-state index contributed by atoms with van der Waals surface area (Å²) in [5.41, 5.74) is 4.20. The fourth-order valence-corrected chi connectivity index (χ4v) is 2.25. The van der Waals surface area contributed by atoms with E-state index in [0.29, 0.717) is 0 Å². The minimum Gasteiger partial charge on any atom is -0.342 e. The average Bonchev–Trinajstić information content (AvgIpc) is 2.83. The predicted octanol–water partition coefficient (Wildman–Crippen LogP) is 4.71. The molecule has 0 radical (unpaired) electrons. The number of hydrogen-bond donors (Lipinski definition) is 1. The van der Waals surface area contributed by atoms with Crippen LogP contribution in [0.1, 0.15) is 5.82 Å². The molecule has 0 atom stereocenters. The van der Waals surface area contributed by atoms with Crippen LogP contribution in [0.2, 0.25) is 5.02 Å². The van der Waals surface area contributed by atoms with Gasteiger partial charge in [-0.2, -0.15) is 0 Å². The summed E-state index contributed by atoms with van der Waals surface area (Å²) in [5, 5.41) is 0.737. The Balaban J connectivity index is 2.15. The van der Waals surface area contributed by atoms with Crippen molar-refractivity contribution in [2.75, 3.05) is 0 Å².